The summed E-state index contributed by atoms with van der Waals surface area (Å²) in [6.07, 6.45) is -0.751. The Morgan fingerprint density at radius 3 is 2.50 bits per heavy atom. The van der Waals surface area contributed by atoms with Crippen molar-refractivity contribution in [2.45, 2.75) is 13.0 Å². The van der Waals surface area contributed by atoms with Crippen LogP contribution in [0.25, 0.3) is 0 Å². The third-order valence-electron chi connectivity index (χ3n) is 2.70. The van der Waals surface area contributed by atoms with Crippen LogP contribution in [0.5, 0.6) is 5.75 Å². The average molecular weight is 317 g/mol. The van der Waals surface area contributed by atoms with Crippen molar-refractivity contribution in [3.05, 3.63) is 24.3 Å². The van der Waals surface area contributed by atoms with E-state index in [4.69, 9.17) is 30.3 Å². The number of hydrogen-bond donors (Lipinski definition) is 0. The Morgan fingerprint density at radius 1 is 1.40 bits per heavy atom. The monoisotopic (exact) mass is 317 g/mol. The van der Waals surface area contributed by atoms with Gasteiger partial charge in [0, 0.05) is 0 Å². The fourth-order valence-corrected chi connectivity index (χ4v) is 4.74. The second kappa shape index (κ2) is 6.10. The minimum Gasteiger partial charge on any atom is -0.497 e. The quantitative estimate of drug-likeness (QED) is 0.799. The van der Waals surface area contributed by atoms with E-state index in [0.29, 0.717) is 18.0 Å². The normalized spacial score (nSPS) is 25.2. The van der Waals surface area contributed by atoms with Crippen LogP contribution in [0, 0.1) is 0 Å². The molecule has 0 spiro atoms. The summed E-state index contributed by atoms with van der Waals surface area (Å²) in [5, 5.41) is 0. The lowest BCUT2D eigenvalue weighted by molar-refractivity contribution is 0.181. The van der Waals surface area contributed by atoms with E-state index in [9.17, 15) is 4.79 Å². The first-order valence-corrected chi connectivity index (χ1v) is 8.55. The van der Waals surface area contributed by atoms with Gasteiger partial charge in [0.1, 0.15) is 5.75 Å². The first-order valence-electron chi connectivity index (χ1n) is 5.96. The molecule has 0 unspecified atom stereocenters. The molecule has 1 amide bonds. The molecular formula is C12H16NO5PS. The standard InChI is InChI=1S/C12H16NO5PS/c1-9-8-17-19(20,18-9)13(12(14)16-3)10-4-6-11(15-2)7-5-10/h4-7,9H,8H2,1-3H3/t9-,19+/m0/s1. The molecule has 20 heavy (non-hydrogen) atoms. The molecule has 110 valence electrons. The number of nitrogens with zero attached hydrogens (tertiary/aromatic N) is 1. The number of amides is 1. The highest BCUT2D eigenvalue weighted by atomic mass is 32.5. The molecule has 1 saturated heterocycles. The topological polar surface area (TPSA) is 57.2 Å². The molecule has 0 aliphatic carbocycles. The molecule has 0 N–H and O–H groups in total. The molecule has 1 heterocycles. The second-order valence-electron chi connectivity index (χ2n) is 4.16. The van der Waals surface area contributed by atoms with Gasteiger partial charge in [-0.2, -0.15) is 0 Å². The summed E-state index contributed by atoms with van der Waals surface area (Å²) in [7, 11) is 2.86. The SMILES string of the molecule is COC(=O)N(c1ccc(OC)cc1)[P@@]1(=S)OC[C@H](C)O1. The van der Waals surface area contributed by atoms with E-state index < -0.39 is 12.7 Å². The van der Waals surface area contributed by atoms with Gasteiger partial charge in [-0.1, -0.05) is 0 Å². The van der Waals surface area contributed by atoms with Crippen molar-refractivity contribution < 1.29 is 23.3 Å². The maximum absolute atomic E-state index is 12.0. The van der Waals surface area contributed by atoms with Gasteiger partial charge in [0.15, 0.2) is 0 Å². The lowest BCUT2D eigenvalue weighted by Crippen LogP contribution is -2.28. The van der Waals surface area contributed by atoms with Crippen LogP contribution in [0.1, 0.15) is 6.92 Å². The molecule has 1 aromatic carbocycles. The van der Waals surface area contributed by atoms with Crippen molar-refractivity contribution in [1.29, 1.82) is 0 Å². The van der Waals surface area contributed by atoms with E-state index in [0.717, 1.165) is 0 Å². The fraction of sp³-hybridized carbons (Fsp3) is 0.417. The molecule has 0 saturated carbocycles. The lowest BCUT2D eigenvalue weighted by atomic mass is 10.3. The maximum atomic E-state index is 12.0. The lowest BCUT2D eigenvalue weighted by Gasteiger charge is -2.28. The Kier molecular flexibility index (Phi) is 4.65. The minimum absolute atomic E-state index is 0.147. The summed E-state index contributed by atoms with van der Waals surface area (Å²) >= 11 is 5.41. The highest BCUT2D eigenvalue weighted by molar-refractivity contribution is 8.11. The summed E-state index contributed by atoms with van der Waals surface area (Å²) in [6.45, 7) is -0.696. The highest BCUT2D eigenvalue weighted by Crippen LogP contribution is 2.59. The zero-order chi connectivity index (χ0) is 14.8. The third kappa shape index (κ3) is 2.96. The van der Waals surface area contributed by atoms with Crippen LogP contribution in [-0.2, 0) is 25.6 Å². The van der Waals surface area contributed by atoms with Crippen LogP contribution in [0.3, 0.4) is 0 Å². The molecule has 8 heteroatoms. The van der Waals surface area contributed by atoms with E-state index >= 15 is 0 Å². The summed E-state index contributed by atoms with van der Waals surface area (Å²) in [6, 6.07) is 6.87. The van der Waals surface area contributed by atoms with Gasteiger partial charge in [0.25, 0.3) is 6.64 Å². The Balaban J connectivity index is 2.37. The molecule has 6 nitrogen and oxygen atoms in total. The zero-order valence-corrected chi connectivity index (χ0v) is 13.1. The maximum Gasteiger partial charge on any atom is 0.421 e. The van der Waals surface area contributed by atoms with Gasteiger partial charge >= 0.3 is 6.09 Å². The molecule has 1 fully saturated rings. The molecular weight excluding hydrogens is 301 g/mol. The van der Waals surface area contributed by atoms with Crippen LogP contribution in [0.15, 0.2) is 24.3 Å². The molecule has 0 bridgehead atoms. The Hall–Kier alpha value is -1.14. The van der Waals surface area contributed by atoms with Crippen molar-refractivity contribution in [3.63, 3.8) is 0 Å². The largest absolute Gasteiger partial charge is 0.497 e. The third-order valence-corrected chi connectivity index (χ3v) is 5.75. The highest BCUT2D eigenvalue weighted by Gasteiger charge is 2.41. The Labute approximate surface area is 122 Å². The minimum atomic E-state index is -2.90. The fourth-order valence-electron chi connectivity index (χ4n) is 1.75. The van der Waals surface area contributed by atoms with Crippen molar-refractivity contribution in [2.24, 2.45) is 0 Å². The number of hydrogen-bond acceptors (Lipinski definition) is 6. The van der Waals surface area contributed by atoms with E-state index in [1.54, 1.807) is 31.4 Å². The molecule has 2 rings (SSSR count). The summed E-state index contributed by atoms with van der Waals surface area (Å²) < 4.78 is 22.3. The van der Waals surface area contributed by atoms with Gasteiger partial charge in [-0.15, -0.1) is 0 Å². The number of carbonyl (C=O) groups is 1. The first-order chi connectivity index (χ1) is 9.50. The molecule has 1 aliphatic heterocycles. The number of methoxy groups -OCH3 is 2. The van der Waals surface area contributed by atoms with E-state index in [2.05, 4.69) is 0 Å². The molecule has 0 aromatic heterocycles. The number of carbonyl (C=O) groups excluding carboxylic acids is 1. The summed E-state index contributed by atoms with van der Waals surface area (Å²) in [4.78, 5) is 12.0. The van der Waals surface area contributed by atoms with Crippen LogP contribution in [0.4, 0.5) is 10.5 Å². The average Bonchev–Trinajstić information content (AvgIpc) is 2.79. The van der Waals surface area contributed by atoms with Crippen LogP contribution >= 0.6 is 6.64 Å². The Morgan fingerprint density at radius 2 is 2.05 bits per heavy atom. The van der Waals surface area contributed by atoms with E-state index in [1.165, 1.54) is 11.8 Å². The molecule has 1 aromatic rings. The van der Waals surface area contributed by atoms with Crippen LogP contribution in [-0.4, -0.2) is 33.0 Å². The first kappa shape index (κ1) is 15.3. The van der Waals surface area contributed by atoms with E-state index in [-0.39, 0.29) is 6.10 Å². The summed E-state index contributed by atoms with van der Waals surface area (Å²) in [5.74, 6) is 0.678. The van der Waals surface area contributed by atoms with Gasteiger partial charge in [-0.3, -0.25) is 0 Å². The van der Waals surface area contributed by atoms with Gasteiger partial charge in [0.2, 0.25) is 0 Å². The molecule has 0 radical (unpaired) electrons. The van der Waals surface area contributed by atoms with Gasteiger partial charge < -0.3 is 18.5 Å². The number of ether oxygens (including phenoxy) is 2. The predicted molar refractivity (Wildman–Crippen MR) is 78.7 cm³/mol. The number of rotatable bonds is 3. The van der Waals surface area contributed by atoms with Crippen LogP contribution < -0.4 is 9.41 Å². The van der Waals surface area contributed by atoms with E-state index in [1.807, 2.05) is 6.92 Å². The zero-order valence-electron chi connectivity index (χ0n) is 11.4. The Bertz CT molecular complexity index is 535. The van der Waals surface area contributed by atoms with Gasteiger partial charge in [-0.05, 0) is 43.0 Å². The second-order valence-corrected chi connectivity index (χ2v) is 7.35. The number of anilines is 1. The summed E-state index contributed by atoms with van der Waals surface area (Å²) in [5.41, 5.74) is 0.551. The molecule has 1 aliphatic rings. The van der Waals surface area contributed by atoms with Crippen molar-refractivity contribution in [1.82, 2.24) is 0 Å². The van der Waals surface area contributed by atoms with Crippen molar-refractivity contribution in [2.75, 3.05) is 25.5 Å². The predicted octanol–water partition coefficient (Wildman–Crippen LogP) is 2.93. The van der Waals surface area contributed by atoms with Crippen molar-refractivity contribution >= 4 is 30.2 Å². The number of benzene rings is 1. The van der Waals surface area contributed by atoms with Crippen LogP contribution in [0.2, 0.25) is 0 Å². The molecule has 2 atom stereocenters. The van der Waals surface area contributed by atoms with Gasteiger partial charge in [0.05, 0.1) is 32.6 Å². The van der Waals surface area contributed by atoms with Crippen molar-refractivity contribution in [3.8, 4) is 5.75 Å². The van der Waals surface area contributed by atoms with Gasteiger partial charge in [-0.25, -0.2) is 9.46 Å². The smallest absolute Gasteiger partial charge is 0.421 e.